The summed E-state index contributed by atoms with van der Waals surface area (Å²) >= 11 is 0. The Morgan fingerprint density at radius 3 is 2.57 bits per heavy atom. The number of benzene rings is 1. The minimum atomic E-state index is -0.480. The number of likely N-dealkylation sites (tertiary alicyclic amines) is 1. The fraction of sp³-hybridized carbons (Fsp3) is 0.619. The Kier molecular flexibility index (Phi) is 11.7. The van der Waals surface area contributed by atoms with Crippen LogP contribution in [0.4, 0.5) is 0 Å². The second-order valence-corrected chi connectivity index (χ2v) is 7.99. The number of rotatable bonds is 7. The van der Waals surface area contributed by atoms with E-state index < -0.39 is 6.04 Å². The van der Waals surface area contributed by atoms with Crippen molar-refractivity contribution in [1.29, 1.82) is 0 Å². The Balaban J connectivity index is 0.00000225. The van der Waals surface area contributed by atoms with E-state index in [0.717, 1.165) is 50.9 Å². The smallest absolute Gasteiger partial charge is 0.237 e. The van der Waals surface area contributed by atoms with Gasteiger partial charge < -0.3 is 21.5 Å². The van der Waals surface area contributed by atoms with Gasteiger partial charge in [-0.2, -0.15) is 0 Å². The highest BCUT2D eigenvalue weighted by Crippen LogP contribution is 2.19. The van der Waals surface area contributed by atoms with Crippen LogP contribution in [0.5, 0.6) is 0 Å². The van der Waals surface area contributed by atoms with Gasteiger partial charge in [0.15, 0.2) is 0 Å². The molecule has 2 atom stereocenters. The average molecular weight is 461 g/mol. The molecule has 2 heterocycles. The SMILES string of the molecule is Cl.Cl.NC(=O)C1CCCN(Cc2cccc(CNC(=O)C(N)C3CCOCC3)c2)C1. The Bertz CT molecular complexity index is 686. The highest BCUT2D eigenvalue weighted by molar-refractivity contribution is 5.85. The molecule has 2 unspecified atom stereocenters. The molecule has 2 aliphatic rings. The minimum Gasteiger partial charge on any atom is -0.381 e. The van der Waals surface area contributed by atoms with Crippen molar-refractivity contribution in [2.75, 3.05) is 26.3 Å². The summed E-state index contributed by atoms with van der Waals surface area (Å²) in [5.74, 6) is -0.167. The maximum absolute atomic E-state index is 12.4. The number of primary amides is 1. The molecule has 3 rings (SSSR count). The molecule has 9 heteroatoms. The van der Waals surface area contributed by atoms with Crippen molar-refractivity contribution in [3.63, 3.8) is 0 Å². The lowest BCUT2D eigenvalue weighted by molar-refractivity contribution is -0.124. The highest BCUT2D eigenvalue weighted by atomic mass is 35.5. The predicted octanol–water partition coefficient (Wildman–Crippen LogP) is 1.60. The summed E-state index contributed by atoms with van der Waals surface area (Å²) in [6, 6.07) is 7.71. The van der Waals surface area contributed by atoms with Crippen LogP contribution in [0.1, 0.15) is 36.8 Å². The van der Waals surface area contributed by atoms with Crippen LogP contribution in [-0.2, 0) is 27.4 Å². The Morgan fingerprint density at radius 1 is 1.17 bits per heavy atom. The molecule has 2 fully saturated rings. The first-order chi connectivity index (χ1) is 13.5. The standard InChI is InChI=1S/C21H32N4O3.2ClH/c22-19(17-6-9-28-10-7-17)21(27)24-12-15-3-1-4-16(11-15)13-25-8-2-5-18(14-25)20(23)26;;/h1,3-4,11,17-19H,2,5-10,12-14,22H2,(H2,23,26)(H,24,27);2*1H. The summed E-state index contributed by atoms with van der Waals surface area (Å²) in [7, 11) is 0. The highest BCUT2D eigenvalue weighted by Gasteiger charge is 2.26. The first kappa shape index (κ1) is 26.7. The molecule has 1 aromatic carbocycles. The largest absolute Gasteiger partial charge is 0.381 e. The Hall–Kier alpha value is -1.38. The van der Waals surface area contributed by atoms with Crippen LogP contribution in [0.3, 0.4) is 0 Å². The van der Waals surface area contributed by atoms with Gasteiger partial charge in [-0.25, -0.2) is 0 Å². The molecular formula is C21H34Cl2N4O3. The van der Waals surface area contributed by atoms with E-state index in [1.54, 1.807) is 0 Å². The third-order valence-electron chi connectivity index (χ3n) is 5.85. The second kappa shape index (κ2) is 13.1. The number of piperidine rings is 1. The number of carbonyl (C=O) groups is 2. The number of nitrogens with two attached hydrogens (primary N) is 2. The number of carbonyl (C=O) groups excluding carboxylic acids is 2. The zero-order valence-electron chi connectivity index (χ0n) is 17.3. The average Bonchev–Trinajstić information content (AvgIpc) is 2.72. The summed E-state index contributed by atoms with van der Waals surface area (Å²) in [5, 5.41) is 2.97. The fourth-order valence-corrected chi connectivity index (χ4v) is 4.12. The zero-order valence-corrected chi connectivity index (χ0v) is 18.9. The van der Waals surface area contributed by atoms with Crippen molar-refractivity contribution in [1.82, 2.24) is 10.2 Å². The molecule has 0 aliphatic carbocycles. The summed E-state index contributed by atoms with van der Waals surface area (Å²) in [5.41, 5.74) is 13.8. The molecule has 0 bridgehead atoms. The molecule has 7 nitrogen and oxygen atoms in total. The van der Waals surface area contributed by atoms with Crippen molar-refractivity contribution in [3.05, 3.63) is 35.4 Å². The zero-order chi connectivity index (χ0) is 19.9. The third kappa shape index (κ3) is 7.71. The number of hydrogen-bond donors (Lipinski definition) is 3. The topological polar surface area (TPSA) is 111 Å². The van der Waals surface area contributed by atoms with Crippen molar-refractivity contribution in [2.45, 2.75) is 44.8 Å². The van der Waals surface area contributed by atoms with E-state index in [1.165, 1.54) is 5.56 Å². The van der Waals surface area contributed by atoms with E-state index in [2.05, 4.69) is 22.3 Å². The molecular weight excluding hydrogens is 427 g/mol. The van der Waals surface area contributed by atoms with Crippen LogP contribution in [0.2, 0.25) is 0 Å². The molecule has 0 saturated carbocycles. The number of nitrogens with zero attached hydrogens (tertiary/aromatic N) is 1. The first-order valence-corrected chi connectivity index (χ1v) is 10.2. The maximum Gasteiger partial charge on any atom is 0.237 e. The molecule has 5 N–H and O–H groups in total. The number of halogens is 2. The fourth-order valence-electron chi connectivity index (χ4n) is 4.12. The summed E-state index contributed by atoms with van der Waals surface area (Å²) in [6.07, 6.45) is 3.55. The van der Waals surface area contributed by atoms with Crippen molar-refractivity contribution in [3.8, 4) is 0 Å². The Labute approximate surface area is 191 Å². The molecule has 2 saturated heterocycles. The van der Waals surface area contributed by atoms with Gasteiger partial charge in [-0.3, -0.25) is 14.5 Å². The molecule has 30 heavy (non-hydrogen) atoms. The van der Waals surface area contributed by atoms with Gasteiger partial charge in [0, 0.05) is 32.8 Å². The van der Waals surface area contributed by atoms with Gasteiger partial charge >= 0.3 is 0 Å². The normalized spacial score (nSPS) is 21.0. The van der Waals surface area contributed by atoms with Gasteiger partial charge in [-0.05, 0) is 49.3 Å². The minimum absolute atomic E-state index is 0. The molecule has 1 aromatic rings. The van der Waals surface area contributed by atoms with Crippen LogP contribution in [0.25, 0.3) is 0 Å². The second-order valence-electron chi connectivity index (χ2n) is 7.99. The number of nitrogens with one attached hydrogen (secondary N) is 1. The van der Waals surface area contributed by atoms with Crippen LogP contribution in [-0.4, -0.2) is 49.1 Å². The van der Waals surface area contributed by atoms with Crippen molar-refractivity contribution < 1.29 is 14.3 Å². The van der Waals surface area contributed by atoms with Crippen molar-refractivity contribution >= 4 is 36.6 Å². The maximum atomic E-state index is 12.4. The summed E-state index contributed by atoms with van der Waals surface area (Å²) in [6.45, 7) is 4.31. The predicted molar refractivity (Wildman–Crippen MR) is 121 cm³/mol. The van der Waals surface area contributed by atoms with Gasteiger partial charge in [0.05, 0.1) is 12.0 Å². The Morgan fingerprint density at radius 2 is 1.87 bits per heavy atom. The van der Waals surface area contributed by atoms with E-state index in [0.29, 0.717) is 19.8 Å². The molecule has 0 spiro atoms. The van der Waals surface area contributed by atoms with E-state index in [1.807, 2.05) is 12.1 Å². The number of amides is 2. The first-order valence-electron chi connectivity index (χ1n) is 10.2. The van der Waals surface area contributed by atoms with Crippen molar-refractivity contribution in [2.24, 2.45) is 23.3 Å². The number of ether oxygens (including phenoxy) is 1. The monoisotopic (exact) mass is 460 g/mol. The third-order valence-corrected chi connectivity index (χ3v) is 5.85. The summed E-state index contributed by atoms with van der Waals surface area (Å²) < 4.78 is 5.34. The molecule has 0 radical (unpaired) electrons. The van der Waals surface area contributed by atoms with Gasteiger partial charge in [0.1, 0.15) is 0 Å². The number of hydrogen-bond acceptors (Lipinski definition) is 5. The van der Waals surface area contributed by atoms with Gasteiger partial charge in [-0.1, -0.05) is 24.3 Å². The van der Waals surface area contributed by atoms with E-state index in [9.17, 15) is 9.59 Å². The lowest BCUT2D eigenvalue weighted by atomic mass is 9.92. The van der Waals surface area contributed by atoms with Gasteiger partial charge in [-0.15, -0.1) is 24.8 Å². The molecule has 170 valence electrons. The lowest BCUT2D eigenvalue weighted by Crippen LogP contribution is -2.46. The van der Waals surface area contributed by atoms with E-state index in [4.69, 9.17) is 16.2 Å². The quantitative estimate of drug-likeness (QED) is 0.571. The van der Waals surface area contributed by atoms with Crippen LogP contribution in [0.15, 0.2) is 24.3 Å². The molecule has 0 aromatic heterocycles. The van der Waals surface area contributed by atoms with Gasteiger partial charge in [0.2, 0.25) is 11.8 Å². The summed E-state index contributed by atoms with van der Waals surface area (Å²) in [4.78, 5) is 26.1. The molecule has 2 amide bonds. The van der Waals surface area contributed by atoms with Crippen LogP contribution < -0.4 is 16.8 Å². The molecule has 2 aliphatic heterocycles. The van der Waals surface area contributed by atoms with E-state index >= 15 is 0 Å². The van der Waals surface area contributed by atoms with E-state index in [-0.39, 0.29) is 48.5 Å². The van der Waals surface area contributed by atoms with Crippen LogP contribution in [0, 0.1) is 11.8 Å². The van der Waals surface area contributed by atoms with Crippen LogP contribution >= 0.6 is 24.8 Å². The van der Waals surface area contributed by atoms with Gasteiger partial charge in [0.25, 0.3) is 0 Å². The lowest BCUT2D eigenvalue weighted by Gasteiger charge is -2.31.